The number of aromatic nitrogens is 2. The monoisotopic (exact) mass is 429 g/mol. The van der Waals surface area contributed by atoms with E-state index in [9.17, 15) is 9.59 Å². The van der Waals surface area contributed by atoms with Gasteiger partial charge in [0.1, 0.15) is 5.75 Å². The van der Waals surface area contributed by atoms with Gasteiger partial charge in [-0.25, -0.2) is 14.3 Å². The summed E-state index contributed by atoms with van der Waals surface area (Å²) in [6.45, 7) is 0.541. The Morgan fingerprint density at radius 3 is 2.50 bits per heavy atom. The Labute approximate surface area is 185 Å². The van der Waals surface area contributed by atoms with E-state index in [4.69, 9.17) is 14.5 Å². The molecule has 7 nitrogen and oxygen atoms in total. The van der Waals surface area contributed by atoms with E-state index in [-0.39, 0.29) is 5.56 Å². The van der Waals surface area contributed by atoms with Gasteiger partial charge in [-0.1, -0.05) is 36.4 Å². The molecule has 162 valence electrons. The van der Waals surface area contributed by atoms with E-state index in [1.165, 1.54) is 7.11 Å². The average Bonchev–Trinajstić information content (AvgIpc) is 2.83. The number of nitrogens with zero attached hydrogens (tertiary/aromatic N) is 3. The van der Waals surface area contributed by atoms with Crippen LogP contribution in [0.15, 0.2) is 77.6 Å². The second-order valence-corrected chi connectivity index (χ2v) is 7.32. The minimum absolute atomic E-state index is 0.241. The average molecular weight is 429 g/mol. The second kappa shape index (κ2) is 8.93. The molecule has 0 spiro atoms. The third kappa shape index (κ3) is 4.05. The first-order chi connectivity index (χ1) is 15.5. The van der Waals surface area contributed by atoms with Gasteiger partial charge in [0.2, 0.25) is 5.95 Å². The first kappa shape index (κ1) is 21.1. The maximum atomic E-state index is 13.6. The van der Waals surface area contributed by atoms with E-state index < -0.39 is 5.97 Å². The van der Waals surface area contributed by atoms with E-state index >= 15 is 0 Å². The number of carbonyl (C=O) groups is 1. The van der Waals surface area contributed by atoms with Crippen LogP contribution in [-0.4, -0.2) is 36.8 Å². The Hall–Kier alpha value is -4.13. The van der Waals surface area contributed by atoms with Crippen molar-refractivity contribution in [3.63, 3.8) is 0 Å². The predicted molar refractivity (Wildman–Crippen MR) is 124 cm³/mol. The van der Waals surface area contributed by atoms with Crippen LogP contribution in [0.2, 0.25) is 0 Å². The van der Waals surface area contributed by atoms with Crippen molar-refractivity contribution >= 4 is 22.8 Å². The lowest BCUT2D eigenvalue weighted by Crippen LogP contribution is -2.29. The van der Waals surface area contributed by atoms with Crippen LogP contribution in [0.3, 0.4) is 0 Å². The third-order valence-corrected chi connectivity index (χ3v) is 5.19. The summed E-state index contributed by atoms with van der Waals surface area (Å²) in [7, 11) is 4.78. The van der Waals surface area contributed by atoms with Crippen molar-refractivity contribution in [2.75, 3.05) is 26.2 Å². The molecule has 4 aromatic rings. The van der Waals surface area contributed by atoms with Gasteiger partial charge in [-0.15, -0.1) is 0 Å². The Kier molecular flexibility index (Phi) is 5.89. The quantitative estimate of drug-likeness (QED) is 0.434. The molecule has 0 amide bonds. The number of methoxy groups -OCH3 is 2. The zero-order chi connectivity index (χ0) is 22.7. The summed E-state index contributed by atoms with van der Waals surface area (Å²) in [5.74, 6) is 0.596. The molecule has 32 heavy (non-hydrogen) atoms. The molecule has 0 N–H and O–H groups in total. The maximum Gasteiger partial charge on any atom is 0.337 e. The van der Waals surface area contributed by atoms with Crippen LogP contribution in [0, 0.1) is 0 Å². The topological polar surface area (TPSA) is 73.7 Å². The Morgan fingerprint density at radius 2 is 1.78 bits per heavy atom. The summed E-state index contributed by atoms with van der Waals surface area (Å²) in [6, 6.07) is 21.9. The molecule has 1 aromatic heterocycles. The van der Waals surface area contributed by atoms with Crippen molar-refractivity contribution in [3.05, 3.63) is 94.3 Å². The molecule has 0 radical (unpaired) electrons. The van der Waals surface area contributed by atoms with E-state index in [1.54, 1.807) is 35.9 Å². The molecule has 0 unspecified atom stereocenters. The maximum absolute atomic E-state index is 13.6. The van der Waals surface area contributed by atoms with Gasteiger partial charge in [-0.3, -0.25) is 4.79 Å². The molecule has 0 aliphatic rings. The lowest BCUT2D eigenvalue weighted by atomic mass is 10.1. The molecule has 0 aliphatic heterocycles. The molecule has 0 fully saturated rings. The highest BCUT2D eigenvalue weighted by atomic mass is 16.5. The molecule has 3 aromatic carbocycles. The van der Waals surface area contributed by atoms with Crippen LogP contribution < -0.4 is 15.2 Å². The summed E-state index contributed by atoms with van der Waals surface area (Å²) in [5, 5.41) is 0.400. The molecule has 0 saturated heterocycles. The Morgan fingerprint density at radius 1 is 1.00 bits per heavy atom. The molecule has 0 saturated carbocycles. The van der Waals surface area contributed by atoms with E-state index in [2.05, 4.69) is 0 Å². The van der Waals surface area contributed by atoms with Gasteiger partial charge in [-0.2, -0.15) is 0 Å². The minimum Gasteiger partial charge on any atom is -0.497 e. The molecular weight excluding hydrogens is 406 g/mol. The van der Waals surface area contributed by atoms with Crippen LogP contribution in [0.25, 0.3) is 16.6 Å². The molecule has 4 rings (SSSR count). The smallest absolute Gasteiger partial charge is 0.337 e. The van der Waals surface area contributed by atoms with Crippen LogP contribution >= 0.6 is 0 Å². The number of hydrogen-bond acceptors (Lipinski definition) is 6. The Balaban J connectivity index is 1.94. The SMILES string of the molecule is COC(=O)c1ccc2c(=O)n(-c3cccc(OC)c3)c(N(C)Cc3ccccc3)nc2c1. The largest absolute Gasteiger partial charge is 0.497 e. The van der Waals surface area contributed by atoms with Crippen molar-refractivity contribution in [3.8, 4) is 11.4 Å². The van der Waals surface area contributed by atoms with E-state index in [1.807, 2.05) is 60.5 Å². The summed E-state index contributed by atoms with van der Waals surface area (Å²) < 4.78 is 11.7. The lowest BCUT2D eigenvalue weighted by molar-refractivity contribution is 0.0601. The molecule has 0 bridgehead atoms. The van der Waals surface area contributed by atoms with Crippen molar-refractivity contribution in [2.45, 2.75) is 6.54 Å². The van der Waals surface area contributed by atoms with Crippen LogP contribution in [0.4, 0.5) is 5.95 Å². The van der Waals surface area contributed by atoms with Gasteiger partial charge < -0.3 is 14.4 Å². The molecular formula is C25H23N3O4. The second-order valence-electron chi connectivity index (χ2n) is 7.32. The highest BCUT2D eigenvalue weighted by molar-refractivity contribution is 5.94. The number of ether oxygens (including phenoxy) is 2. The van der Waals surface area contributed by atoms with Crippen molar-refractivity contribution in [1.29, 1.82) is 0 Å². The van der Waals surface area contributed by atoms with Gasteiger partial charge in [0, 0.05) is 19.7 Å². The van der Waals surface area contributed by atoms with Crippen molar-refractivity contribution < 1.29 is 14.3 Å². The Bertz CT molecular complexity index is 1330. The van der Waals surface area contributed by atoms with E-state index in [0.29, 0.717) is 40.4 Å². The fraction of sp³-hybridized carbons (Fsp3) is 0.160. The highest BCUT2D eigenvalue weighted by Crippen LogP contribution is 2.23. The third-order valence-electron chi connectivity index (χ3n) is 5.19. The van der Waals surface area contributed by atoms with Gasteiger partial charge in [-0.05, 0) is 35.9 Å². The fourth-order valence-electron chi connectivity index (χ4n) is 3.59. The summed E-state index contributed by atoms with van der Waals surface area (Å²) in [6.07, 6.45) is 0. The van der Waals surface area contributed by atoms with Crippen molar-refractivity contribution in [1.82, 2.24) is 9.55 Å². The number of fused-ring (bicyclic) bond motifs is 1. The van der Waals surface area contributed by atoms with Crippen LogP contribution in [0.5, 0.6) is 5.75 Å². The number of anilines is 1. The molecule has 1 heterocycles. The summed E-state index contributed by atoms with van der Waals surface area (Å²) in [5.41, 5.74) is 2.23. The molecule has 0 atom stereocenters. The van der Waals surface area contributed by atoms with Crippen LogP contribution in [-0.2, 0) is 11.3 Å². The first-order valence-electron chi connectivity index (χ1n) is 10.1. The molecule has 0 aliphatic carbocycles. The number of benzene rings is 3. The number of hydrogen-bond donors (Lipinski definition) is 0. The van der Waals surface area contributed by atoms with Gasteiger partial charge >= 0.3 is 5.97 Å². The van der Waals surface area contributed by atoms with Crippen molar-refractivity contribution in [2.24, 2.45) is 0 Å². The first-order valence-corrected chi connectivity index (χ1v) is 10.1. The van der Waals surface area contributed by atoms with E-state index in [0.717, 1.165) is 5.56 Å². The zero-order valence-electron chi connectivity index (χ0n) is 18.1. The number of rotatable bonds is 6. The predicted octanol–water partition coefficient (Wildman–Crippen LogP) is 3.82. The lowest BCUT2D eigenvalue weighted by Gasteiger charge is -2.23. The summed E-state index contributed by atoms with van der Waals surface area (Å²) in [4.78, 5) is 32.3. The number of esters is 1. The van der Waals surface area contributed by atoms with Gasteiger partial charge in [0.05, 0.1) is 36.4 Å². The van der Waals surface area contributed by atoms with Gasteiger partial charge in [0.15, 0.2) is 0 Å². The van der Waals surface area contributed by atoms with Crippen LogP contribution in [0.1, 0.15) is 15.9 Å². The van der Waals surface area contributed by atoms with Gasteiger partial charge in [0.25, 0.3) is 5.56 Å². The highest BCUT2D eigenvalue weighted by Gasteiger charge is 2.18. The molecule has 7 heteroatoms. The zero-order valence-corrected chi connectivity index (χ0v) is 18.1. The minimum atomic E-state index is -0.482. The fourth-order valence-corrected chi connectivity index (χ4v) is 3.59. The standard InChI is InChI=1S/C25H23N3O4/c1-27(16-17-8-5-4-6-9-17)25-26-22-14-18(24(30)32-3)12-13-21(22)23(29)28(25)19-10-7-11-20(15-19)31-2/h4-15H,16H2,1-3H3. The number of carbonyl (C=O) groups excluding carboxylic acids is 1. The normalized spacial score (nSPS) is 10.7. The summed E-state index contributed by atoms with van der Waals surface area (Å²) >= 11 is 0.